The number of carbonyl (C=O) groups excluding carboxylic acids is 3. The second-order valence-corrected chi connectivity index (χ2v) is 16.7. The first kappa shape index (κ1) is 34.2. The second-order valence-electron chi connectivity index (χ2n) is 13.0. The standard InChI is InChI=1S/C33H44ClN5O6S2/c34-27-10-4-5-11-29(27)45-33(42)37-18-19-39(28(22-37)31(40)35-21-25-9-6-20-46-25)32(41)30(36-24-7-2-1-3-8-24)23-14-16-38(17-15-23)47(43,44)26-12-13-26/h4-6,9-11,20,23-24,26,28,30,36H,1-3,7-8,12-19,21-22H2,(H,35,40)/t28-,30+/m0/s1. The first-order chi connectivity index (χ1) is 22.7. The Morgan fingerprint density at radius 1 is 0.936 bits per heavy atom. The molecule has 0 radical (unpaired) electrons. The number of halogens is 1. The Morgan fingerprint density at radius 3 is 2.36 bits per heavy atom. The van der Waals surface area contributed by atoms with Gasteiger partial charge in [-0.25, -0.2) is 17.5 Å². The second kappa shape index (κ2) is 15.2. The number of piperazine rings is 1. The Hall–Kier alpha value is -2.71. The van der Waals surface area contributed by atoms with E-state index in [1.807, 2.05) is 17.5 Å². The summed E-state index contributed by atoms with van der Waals surface area (Å²) in [5, 5.41) is 8.65. The van der Waals surface area contributed by atoms with Gasteiger partial charge in [0, 0.05) is 37.1 Å². The van der Waals surface area contributed by atoms with Crippen LogP contribution in [0.25, 0.3) is 0 Å². The summed E-state index contributed by atoms with van der Waals surface area (Å²) in [6, 6.07) is 9.24. The fourth-order valence-corrected chi connectivity index (χ4v) is 9.67. The quantitative estimate of drug-likeness (QED) is 0.379. The Morgan fingerprint density at radius 2 is 1.68 bits per heavy atom. The van der Waals surface area contributed by atoms with E-state index in [1.165, 1.54) is 22.7 Å². The SMILES string of the molecule is O=C(NCc1cccs1)[C@@H]1CN(C(=O)Oc2ccccc2Cl)CCN1C(=O)[C@H](NC1CCCCC1)C1CCN(S(=O)(=O)C2CC2)CC1. The van der Waals surface area contributed by atoms with Crippen LogP contribution in [0.2, 0.25) is 5.02 Å². The number of sulfonamides is 1. The zero-order valence-electron chi connectivity index (χ0n) is 26.5. The molecular weight excluding hydrogens is 662 g/mol. The van der Waals surface area contributed by atoms with Crippen LogP contribution in [-0.2, 0) is 26.2 Å². The molecule has 2 aliphatic carbocycles. The van der Waals surface area contributed by atoms with Crippen LogP contribution >= 0.6 is 22.9 Å². The number of hydrogen-bond donors (Lipinski definition) is 2. The molecule has 0 unspecified atom stereocenters. The number of piperidine rings is 1. The molecule has 2 saturated heterocycles. The van der Waals surface area contributed by atoms with Crippen molar-refractivity contribution in [1.82, 2.24) is 24.7 Å². The molecule has 0 spiro atoms. The predicted octanol–water partition coefficient (Wildman–Crippen LogP) is 4.22. The number of thiophene rings is 1. The number of amides is 3. The highest BCUT2D eigenvalue weighted by molar-refractivity contribution is 7.90. The van der Waals surface area contributed by atoms with Crippen molar-refractivity contribution in [1.29, 1.82) is 0 Å². The molecule has 2 aromatic rings. The number of ether oxygens (including phenoxy) is 1. The number of nitrogens with one attached hydrogen (secondary N) is 2. The molecule has 256 valence electrons. The monoisotopic (exact) mass is 705 g/mol. The van der Waals surface area contributed by atoms with Crippen molar-refractivity contribution < 1.29 is 27.5 Å². The lowest BCUT2D eigenvalue weighted by molar-refractivity contribution is -0.146. The smallest absolute Gasteiger partial charge is 0.409 e. The molecular formula is C33H44ClN5O6S2. The first-order valence-corrected chi connectivity index (χ1v) is 19.5. The third-order valence-corrected chi connectivity index (χ3v) is 13.4. The van der Waals surface area contributed by atoms with Crippen molar-refractivity contribution in [3.05, 3.63) is 51.7 Å². The van der Waals surface area contributed by atoms with Crippen LogP contribution in [0, 0.1) is 5.92 Å². The summed E-state index contributed by atoms with van der Waals surface area (Å²) in [6.07, 6.45) is 7.27. The molecule has 4 fully saturated rings. The fourth-order valence-electron chi connectivity index (χ4n) is 6.98. The maximum absolute atomic E-state index is 14.6. The zero-order chi connectivity index (χ0) is 33.0. The summed E-state index contributed by atoms with van der Waals surface area (Å²) in [5.74, 6) is -0.366. The summed E-state index contributed by atoms with van der Waals surface area (Å²) in [6.45, 7) is 1.43. The van der Waals surface area contributed by atoms with Crippen LogP contribution in [0.3, 0.4) is 0 Å². The zero-order valence-corrected chi connectivity index (χ0v) is 28.9. The van der Waals surface area contributed by atoms with E-state index in [9.17, 15) is 22.8 Å². The maximum Gasteiger partial charge on any atom is 0.415 e. The van der Waals surface area contributed by atoms with Gasteiger partial charge >= 0.3 is 6.09 Å². The summed E-state index contributed by atoms with van der Waals surface area (Å²) in [5.41, 5.74) is 0. The molecule has 2 aliphatic heterocycles. The van der Waals surface area contributed by atoms with Gasteiger partial charge in [-0.05, 0) is 68.0 Å². The molecule has 3 heterocycles. The molecule has 6 rings (SSSR count). The number of rotatable bonds is 10. The van der Waals surface area contributed by atoms with Crippen LogP contribution < -0.4 is 15.4 Å². The molecule has 47 heavy (non-hydrogen) atoms. The Kier molecular flexibility index (Phi) is 11.1. The van der Waals surface area contributed by atoms with Crippen LogP contribution in [-0.4, -0.2) is 96.5 Å². The number of benzene rings is 1. The predicted molar refractivity (Wildman–Crippen MR) is 181 cm³/mol. The minimum absolute atomic E-state index is 0.0282. The van der Waals surface area contributed by atoms with Crippen LogP contribution in [0.1, 0.15) is 62.7 Å². The van der Waals surface area contributed by atoms with Gasteiger partial charge in [-0.15, -0.1) is 11.3 Å². The highest BCUT2D eigenvalue weighted by Crippen LogP contribution is 2.34. The number of carbonyl (C=O) groups is 3. The highest BCUT2D eigenvalue weighted by atomic mass is 35.5. The van der Waals surface area contributed by atoms with Crippen LogP contribution in [0.15, 0.2) is 41.8 Å². The Bertz CT molecular complexity index is 1510. The van der Waals surface area contributed by atoms with Crippen LogP contribution in [0.5, 0.6) is 5.75 Å². The van der Waals surface area contributed by atoms with Gasteiger partial charge in [0.05, 0.1) is 29.4 Å². The minimum atomic E-state index is -3.28. The van der Waals surface area contributed by atoms with E-state index in [0.717, 1.165) is 43.4 Å². The molecule has 1 aromatic heterocycles. The summed E-state index contributed by atoms with van der Waals surface area (Å²) < 4.78 is 33.1. The van der Waals surface area contributed by atoms with Crippen molar-refractivity contribution in [2.24, 2.45) is 5.92 Å². The van der Waals surface area contributed by atoms with Gasteiger partial charge in [0.1, 0.15) is 6.04 Å². The lowest BCUT2D eigenvalue weighted by atomic mass is 9.86. The van der Waals surface area contributed by atoms with E-state index in [0.29, 0.717) is 37.5 Å². The molecule has 1 aromatic carbocycles. The normalized spacial score (nSPS) is 22.5. The van der Waals surface area contributed by atoms with Crippen molar-refractivity contribution in [3.8, 4) is 5.75 Å². The Labute approximate surface area is 286 Å². The van der Waals surface area contributed by atoms with Gasteiger partial charge in [0.25, 0.3) is 0 Å². The average molecular weight is 706 g/mol. The molecule has 2 atom stereocenters. The minimum Gasteiger partial charge on any atom is -0.409 e. The highest BCUT2D eigenvalue weighted by Gasteiger charge is 2.45. The maximum atomic E-state index is 14.6. The summed E-state index contributed by atoms with van der Waals surface area (Å²) in [4.78, 5) is 45.8. The molecule has 14 heteroatoms. The molecule has 4 aliphatic rings. The van der Waals surface area contributed by atoms with Crippen molar-refractivity contribution in [3.63, 3.8) is 0 Å². The molecule has 2 N–H and O–H groups in total. The molecule has 3 amide bonds. The van der Waals surface area contributed by atoms with Crippen molar-refractivity contribution >= 4 is 50.9 Å². The molecule has 0 bridgehead atoms. The van der Waals surface area contributed by atoms with Crippen LogP contribution in [0.4, 0.5) is 4.79 Å². The van der Waals surface area contributed by atoms with Gasteiger partial charge in [0.2, 0.25) is 21.8 Å². The van der Waals surface area contributed by atoms with Crippen molar-refractivity contribution in [2.45, 2.75) is 87.7 Å². The molecule has 11 nitrogen and oxygen atoms in total. The first-order valence-electron chi connectivity index (χ1n) is 16.8. The Balaban J connectivity index is 1.20. The largest absolute Gasteiger partial charge is 0.415 e. The number of hydrogen-bond acceptors (Lipinski definition) is 8. The fraction of sp³-hybridized carbons (Fsp3) is 0.606. The van der Waals surface area contributed by atoms with Gasteiger partial charge in [0.15, 0.2) is 5.75 Å². The third-order valence-electron chi connectivity index (χ3n) is 9.84. The lowest BCUT2D eigenvalue weighted by Crippen LogP contribution is -2.66. The van der Waals surface area contributed by atoms with Gasteiger partial charge in [-0.2, -0.15) is 0 Å². The van der Waals surface area contributed by atoms with E-state index in [-0.39, 0.29) is 54.4 Å². The van der Waals surface area contributed by atoms with E-state index >= 15 is 0 Å². The molecule has 2 saturated carbocycles. The van der Waals surface area contributed by atoms with Crippen molar-refractivity contribution in [2.75, 3.05) is 32.7 Å². The van der Waals surface area contributed by atoms with E-state index in [1.54, 1.807) is 33.5 Å². The van der Waals surface area contributed by atoms with Gasteiger partial charge < -0.3 is 25.2 Å². The average Bonchev–Trinajstić information content (AvgIpc) is 3.83. The summed E-state index contributed by atoms with van der Waals surface area (Å²) in [7, 11) is -3.28. The number of nitrogens with zero attached hydrogens (tertiary/aromatic N) is 3. The van der Waals surface area contributed by atoms with Gasteiger partial charge in [-0.1, -0.05) is 49.1 Å². The lowest BCUT2D eigenvalue weighted by Gasteiger charge is -2.44. The van der Waals surface area contributed by atoms with E-state index in [4.69, 9.17) is 16.3 Å². The van der Waals surface area contributed by atoms with E-state index in [2.05, 4.69) is 10.6 Å². The summed E-state index contributed by atoms with van der Waals surface area (Å²) >= 11 is 7.76. The third kappa shape index (κ3) is 8.30. The van der Waals surface area contributed by atoms with Gasteiger partial charge in [-0.3, -0.25) is 9.59 Å². The topological polar surface area (TPSA) is 128 Å². The number of para-hydroxylation sites is 1. The van der Waals surface area contributed by atoms with E-state index < -0.39 is 28.2 Å².